The summed E-state index contributed by atoms with van der Waals surface area (Å²) in [4.78, 5) is 15.3. The number of para-hydroxylation sites is 2. The Morgan fingerprint density at radius 1 is 1.43 bits per heavy atom. The summed E-state index contributed by atoms with van der Waals surface area (Å²) < 4.78 is 7.65. The molecule has 6 heteroatoms. The van der Waals surface area contributed by atoms with Crippen LogP contribution < -0.4 is 0 Å². The lowest BCUT2D eigenvalue weighted by Gasteiger charge is -2.10. The predicted octanol–water partition coefficient (Wildman–Crippen LogP) is 2.89. The molecule has 0 unspecified atom stereocenters. The number of hydrogen-bond acceptors (Lipinski definition) is 4. The maximum Gasteiger partial charge on any atom is 0.313 e. The third-order valence-corrected chi connectivity index (χ3v) is 3.82. The average Bonchev–Trinajstić information content (AvgIpc) is 2.79. The molecule has 0 bridgehead atoms. The topological polar surface area (TPSA) is 64.3 Å². The summed E-state index contributed by atoms with van der Waals surface area (Å²) in [6, 6.07) is 7.82. The van der Waals surface area contributed by atoms with E-state index in [4.69, 9.17) is 9.84 Å². The summed E-state index contributed by atoms with van der Waals surface area (Å²) in [6.45, 7) is 6.22. The molecule has 1 heterocycles. The van der Waals surface area contributed by atoms with E-state index in [2.05, 4.69) is 18.8 Å². The number of aromatic nitrogens is 2. The number of carboxylic acid groups (broad SMARTS) is 1. The van der Waals surface area contributed by atoms with Crippen molar-refractivity contribution >= 4 is 28.8 Å². The van der Waals surface area contributed by atoms with Crippen LogP contribution in [-0.2, 0) is 16.1 Å². The standard InChI is InChI=1S/C15H20N2O3S/c1-11(2)9-20-8-7-17-13-6-4-3-5-12(13)16-15(17)21-10-14(18)19/h3-6,11H,7-10H2,1-2H3,(H,18,19). The van der Waals surface area contributed by atoms with E-state index in [1.807, 2.05) is 28.8 Å². The second-order valence-electron chi connectivity index (χ2n) is 5.19. The summed E-state index contributed by atoms with van der Waals surface area (Å²) >= 11 is 1.24. The molecule has 0 amide bonds. The Bertz CT molecular complexity index is 610. The lowest BCUT2D eigenvalue weighted by atomic mass is 10.2. The summed E-state index contributed by atoms with van der Waals surface area (Å²) in [5.74, 6) is -0.323. The maximum absolute atomic E-state index is 10.8. The van der Waals surface area contributed by atoms with Crippen LogP contribution in [0, 0.1) is 5.92 Å². The van der Waals surface area contributed by atoms with Crippen LogP contribution in [0.5, 0.6) is 0 Å². The zero-order valence-corrected chi connectivity index (χ0v) is 13.1. The molecule has 0 fully saturated rings. The molecule has 2 rings (SSSR count). The van der Waals surface area contributed by atoms with Gasteiger partial charge >= 0.3 is 5.97 Å². The number of imidazole rings is 1. The van der Waals surface area contributed by atoms with E-state index in [-0.39, 0.29) is 5.75 Å². The van der Waals surface area contributed by atoms with Crippen LogP contribution in [0.4, 0.5) is 0 Å². The molecule has 1 N–H and O–H groups in total. The summed E-state index contributed by atoms with van der Waals surface area (Å²) in [6.07, 6.45) is 0. The Kier molecular flexibility index (Phi) is 5.64. The first-order valence-electron chi connectivity index (χ1n) is 6.95. The number of fused-ring (bicyclic) bond motifs is 1. The zero-order valence-electron chi connectivity index (χ0n) is 12.3. The summed E-state index contributed by atoms with van der Waals surface area (Å²) in [5, 5.41) is 9.56. The fourth-order valence-corrected chi connectivity index (χ4v) is 2.74. The van der Waals surface area contributed by atoms with Crippen molar-refractivity contribution in [1.82, 2.24) is 9.55 Å². The Morgan fingerprint density at radius 3 is 2.90 bits per heavy atom. The van der Waals surface area contributed by atoms with Gasteiger partial charge in [0.1, 0.15) is 0 Å². The molecule has 0 spiro atoms. The first-order valence-corrected chi connectivity index (χ1v) is 7.94. The highest BCUT2D eigenvalue weighted by molar-refractivity contribution is 7.99. The van der Waals surface area contributed by atoms with Gasteiger partial charge in [-0.05, 0) is 18.1 Å². The van der Waals surface area contributed by atoms with E-state index >= 15 is 0 Å². The maximum atomic E-state index is 10.8. The molecule has 2 aromatic rings. The van der Waals surface area contributed by atoms with E-state index in [1.54, 1.807) is 0 Å². The smallest absolute Gasteiger partial charge is 0.313 e. The first kappa shape index (κ1) is 15.9. The summed E-state index contributed by atoms with van der Waals surface area (Å²) in [5.41, 5.74) is 1.90. The van der Waals surface area contributed by atoms with E-state index in [9.17, 15) is 4.79 Å². The molecule has 0 aliphatic rings. The predicted molar refractivity (Wildman–Crippen MR) is 83.7 cm³/mol. The molecule has 0 radical (unpaired) electrons. The van der Waals surface area contributed by atoms with Gasteiger partial charge in [0.05, 0.1) is 23.4 Å². The number of carbonyl (C=O) groups is 1. The van der Waals surface area contributed by atoms with Crippen LogP contribution in [0.25, 0.3) is 11.0 Å². The number of thioether (sulfide) groups is 1. The molecule has 0 saturated carbocycles. The van der Waals surface area contributed by atoms with Crippen LogP contribution in [0.1, 0.15) is 13.8 Å². The van der Waals surface area contributed by atoms with Gasteiger partial charge in [-0.15, -0.1) is 0 Å². The largest absolute Gasteiger partial charge is 0.481 e. The molecule has 1 aromatic carbocycles. The molecule has 21 heavy (non-hydrogen) atoms. The Hall–Kier alpha value is -1.53. The average molecular weight is 308 g/mol. The van der Waals surface area contributed by atoms with Crippen LogP contribution in [0.3, 0.4) is 0 Å². The minimum atomic E-state index is -0.838. The molecule has 1 aromatic heterocycles. The van der Waals surface area contributed by atoms with Crippen LogP contribution in [0.2, 0.25) is 0 Å². The van der Waals surface area contributed by atoms with Gasteiger partial charge in [0.25, 0.3) is 0 Å². The second-order valence-corrected chi connectivity index (χ2v) is 6.13. The van der Waals surface area contributed by atoms with Gasteiger partial charge in [0.15, 0.2) is 5.16 Å². The van der Waals surface area contributed by atoms with E-state index < -0.39 is 5.97 Å². The van der Waals surface area contributed by atoms with Crippen molar-refractivity contribution in [2.45, 2.75) is 25.5 Å². The minimum Gasteiger partial charge on any atom is -0.481 e. The van der Waals surface area contributed by atoms with Gasteiger partial charge in [-0.25, -0.2) is 4.98 Å². The van der Waals surface area contributed by atoms with Gasteiger partial charge in [-0.2, -0.15) is 0 Å². The number of nitrogens with zero attached hydrogens (tertiary/aromatic N) is 2. The van der Waals surface area contributed by atoms with Gasteiger partial charge in [0.2, 0.25) is 0 Å². The number of carboxylic acids is 1. The zero-order chi connectivity index (χ0) is 15.2. The van der Waals surface area contributed by atoms with Crippen LogP contribution in [0.15, 0.2) is 29.4 Å². The Labute approximate surface area is 128 Å². The molecule has 0 atom stereocenters. The summed E-state index contributed by atoms with van der Waals surface area (Å²) in [7, 11) is 0. The SMILES string of the molecule is CC(C)COCCn1c(SCC(=O)O)nc2ccccc21. The lowest BCUT2D eigenvalue weighted by Crippen LogP contribution is -2.10. The van der Waals surface area contributed by atoms with E-state index in [0.29, 0.717) is 19.1 Å². The van der Waals surface area contributed by atoms with Crippen molar-refractivity contribution in [2.24, 2.45) is 5.92 Å². The molecule has 114 valence electrons. The second kappa shape index (κ2) is 7.47. The van der Waals surface area contributed by atoms with E-state index in [1.165, 1.54) is 11.8 Å². The molecule has 5 nitrogen and oxygen atoms in total. The Morgan fingerprint density at radius 2 is 2.19 bits per heavy atom. The van der Waals surface area contributed by atoms with Crippen molar-refractivity contribution in [3.8, 4) is 0 Å². The number of hydrogen-bond donors (Lipinski definition) is 1. The fourth-order valence-electron chi connectivity index (χ4n) is 1.98. The number of benzene rings is 1. The first-order chi connectivity index (χ1) is 10.1. The van der Waals surface area contributed by atoms with Gasteiger partial charge in [0, 0.05) is 13.2 Å². The highest BCUT2D eigenvalue weighted by Gasteiger charge is 2.12. The Balaban J connectivity index is 2.13. The van der Waals surface area contributed by atoms with Gasteiger partial charge < -0.3 is 14.4 Å². The molecule has 0 saturated heterocycles. The van der Waals surface area contributed by atoms with Crippen LogP contribution in [-0.4, -0.2) is 39.6 Å². The van der Waals surface area contributed by atoms with Crippen molar-refractivity contribution in [1.29, 1.82) is 0 Å². The van der Waals surface area contributed by atoms with Gasteiger partial charge in [-0.1, -0.05) is 37.7 Å². The monoisotopic (exact) mass is 308 g/mol. The normalized spacial score (nSPS) is 11.4. The third kappa shape index (κ3) is 4.47. The number of aliphatic carboxylic acids is 1. The highest BCUT2D eigenvalue weighted by Crippen LogP contribution is 2.23. The highest BCUT2D eigenvalue weighted by atomic mass is 32.2. The fraction of sp³-hybridized carbons (Fsp3) is 0.467. The van der Waals surface area contributed by atoms with Crippen molar-refractivity contribution in [3.63, 3.8) is 0 Å². The minimum absolute atomic E-state index is 0.0101. The molecular weight excluding hydrogens is 288 g/mol. The molecular formula is C15H20N2O3S. The quantitative estimate of drug-likeness (QED) is 0.600. The van der Waals surface area contributed by atoms with Crippen molar-refractivity contribution in [3.05, 3.63) is 24.3 Å². The molecule has 0 aliphatic carbocycles. The molecule has 0 aliphatic heterocycles. The van der Waals surface area contributed by atoms with Crippen molar-refractivity contribution < 1.29 is 14.6 Å². The third-order valence-electron chi connectivity index (χ3n) is 2.85. The van der Waals surface area contributed by atoms with Gasteiger partial charge in [-0.3, -0.25) is 4.79 Å². The lowest BCUT2D eigenvalue weighted by molar-refractivity contribution is -0.133. The number of ether oxygens (including phenoxy) is 1. The van der Waals surface area contributed by atoms with E-state index in [0.717, 1.165) is 22.8 Å². The van der Waals surface area contributed by atoms with Crippen LogP contribution >= 0.6 is 11.8 Å². The number of rotatable bonds is 8. The van der Waals surface area contributed by atoms with Crippen molar-refractivity contribution in [2.75, 3.05) is 19.0 Å².